The van der Waals surface area contributed by atoms with Crippen molar-refractivity contribution in [2.45, 2.75) is 32.0 Å². The van der Waals surface area contributed by atoms with E-state index in [1.807, 2.05) is 30.3 Å². The fourth-order valence-electron chi connectivity index (χ4n) is 2.95. The third-order valence-corrected chi connectivity index (χ3v) is 5.49. The third kappa shape index (κ3) is 5.48. The van der Waals surface area contributed by atoms with Gasteiger partial charge >= 0.3 is 0 Å². The number of carbonyl (C=O) groups is 2. The van der Waals surface area contributed by atoms with E-state index in [4.69, 9.17) is 0 Å². The number of rotatable bonds is 8. The number of nitrogens with one attached hydrogen (secondary N) is 2. The van der Waals surface area contributed by atoms with Crippen LogP contribution in [0.2, 0.25) is 0 Å². The molecule has 0 unspecified atom stereocenters. The average molecular weight is 425 g/mol. The Hall–Kier alpha value is -3.13. The lowest BCUT2D eigenvalue weighted by Crippen LogP contribution is -2.31. The van der Waals surface area contributed by atoms with Crippen molar-refractivity contribution < 1.29 is 9.59 Å². The molecule has 30 heavy (non-hydrogen) atoms. The van der Waals surface area contributed by atoms with Crippen molar-refractivity contribution in [1.82, 2.24) is 14.9 Å². The Kier molecular flexibility index (Phi) is 7.24. The number of hydrogen-bond acceptors (Lipinski definition) is 5. The summed E-state index contributed by atoms with van der Waals surface area (Å²) in [4.78, 5) is 41.1. The monoisotopic (exact) mass is 424 g/mol. The molecule has 0 saturated carbocycles. The molecule has 2 N–H and O–H groups in total. The molecule has 0 aliphatic carbocycles. The van der Waals surface area contributed by atoms with Crippen LogP contribution in [0.15, 0.2) is 58.5 Å². The summed E-state index contributed by atoms with van der Waals surface area (Å²) >= 11 is 1.20. The first-order valence-electron chi connectivity index (χ1n) is 9.73. The number of hydrogen-bond donors (Lipinski definition) is 2. The number of nitrogens with zero attached hydrogens (tertiary/aromatic N) is 2. The summed E-state index contributed by atoms with van der Waals surface area (Å²) in [6.07, 6.45) is 0.938. The molecule has 7 nitrogen and oxygen atoms in total. The van der Waals surface area contributed by atoms with Gasteiger partial charge in [0.25, 0.3) is 5.56 Å². The molecule has 0 saturated heterocycles. The minimum absolute atomic E-state index is 0.112. The number of aryl methyl sites for hydroxylation is 1. The van der Waals surface area contributed by atoms with Gasteiger partial charge in [-0.3, -0.25) is 19.0 Å². The second-order valence-corrected chi connectivity index (χ2v) is 7.68. The predicted octanol–water partition coefficient (Wildman–Crippen LogP) is 2.83. The normalized spacial score (nSPS) is 10.7. The molecular formula is C22H24N4O3S. The van der Waals surface area contributed by atoms with Gasteiger partial charge in [0.05, 0.1) is 16.7 Å². The van der Waals surface area contributed by atoms with Crippen LogP contribution in [0.25, 0.3) is 10.9 Å². The maximum Gasteiger partial charge on any atom is 0.262 e. The van der Waals surface area contributed by atoms with Gasteiger partial charge in [-0.1, -0.05) is 43.0 Å². The van der Waals surface area contributed by atoms with Gasteiger partial charge in [-0.25, -0.2) is 4.98 Å². The number of fused-ring (bicyclic) bond motifs is 1. The van der Waals surface area contributed by atoms with E-state index in [2.05, 4.69) is 22.5 Å². The number of thioether (sulfide) groups is 1. The Morgan fingerprint density at radius 2 is 1.83 bits per heavy atom. The maximum absolute atomic E-state index is 12.9. The number of aromatic nitrogens is 2. The molecule has 0 fully saturated rings. The summed E-state index contributed by atoms with van der Waals surface area (Å²) in [5, 5.41) is 6.50. The second-order valence-electron chi connectivity index (χ2n) is 6.74. The van der Waals surface area contributed by atoms with E-state index in [9.17, 15) is 14.4 Å². The van der Waals surface area contributed by atoms with E-state index in [1.54, 1.807) is 18.2 Å². The van der Waals surface area contributed by atoms with Gasteiger partial charge in [0.2, 0.25) is 11.8 Å². The van der Waals surface area contributed by atoms with Gasteiger partial charge < -0.3 is 10.6 Å². The molecule has 2 aromatic carbocycles. The standard InChI is InChI=1S/C22H24N4O3S/c1-3-16-8-10-17(11-9-16)24-20(28)14-30-22-25-19-7-5-4-6-18(19)21(29)26(22)13-12-23-15(2)27/h4-11H,3,12-14H2,1-2H3,(H,23,27)(H,24,28). The molecule has 3 rings (SSSR count). The molecule has 3 aromatic rings. The third-order valence-electron chi connectivity index (χ3n) is 4.51. The van der Waals surface area contributed by atoms with Crippen molar-refractivity contribution in [3.8, 4) is 0 Å². The van der Waals surface area contributed by atoms with Crippen LogP contribution in [0.3, 0.4) is 0 Å². The Bertz CT molecular complexity index is 1110. The summed E-state index contributed by atoms with van der Waals surface area (Å²) in [6, 6.07) is 14.8. The van der Waals surface area contributed by atoms with E-state index < -0.39 is 0 Å². The van der Waals surface area contributed by atoms with Gasteiger partial charge in [-0.2, -0.15) is 0 Å². The highest BCUT2D eigenvalue weighted by atomic mass is 32.2. The molecule has 2 amide bonds. The number of benzene rings is 2. The lowest BCUT2D eigenvalue weighted by Gasteiger charge is -2.13. The Labute approximate surface area is 178 Å². The SMILES string of the molecule is CCc1ccc(NC(=O)CSc2nc3ccccc3c(=O)n2CCNC(C)=O)cc1. The van der Waals surface area contributed by atoms with Gasteiger partial charge in [-0.05, 0) is 36.2 Å². The molecular weight excluding hydrogens is 400 g/mol. The van der Waals surface area contributed by atoms with Crippen molar-refractivity contribution in [3.63, 3.8) is 0 Å². The summed E-state index contributed by atoms with van der Waals surface area (Å²) in [7, 11) is 0. The predicted molar refractivity (Wildman–Crippen MR) is 120 cm³/mol. The number of amides is 2. The van der Waals surface area contributed by atoms with Crippen molar-refractivity contribution in [2.24, 2.45) is 0 Å². The van der Waals surface area contributed by atoms with E-state index in [-0.39, 0.29) is 29.7 Å². The zero-order valence-electron chi connectivity index (χ0n) is 17.0. The largest absolute Gasteiger partial charge is 0.355 e. The summed E-state index contributed by atoms with van der Waals surface area (Å²) in [5.41, 5.74) is 2.32. The maximum atomic E-state index is 12.9. The number of carbonyl (C=O) groups excluding carboxylic acids is 2. The Balaban J connectivity index is 1.76. The van der Waals surface area contributed by atoms with E-state index in [0.717, 1.165) is 12.1 Å². The highest BCUT2D eigenvalue weighted by Crippen LogP contribution is 2.18. The van der Waals surface area contributed by atoms with Gasteiger partial charge in [0.15, 0.2) is 5.16 Å². The first kappa shape index (κ1) is 21.6. The van der Waals surface area contributed by atoms with Crippen LogP contribution in [0.4, 0.5) is 5.69 Å². The first-order valence-corrected chi connectivity index (χ1v) is 10.7. The van der Waals surface area contributed by atoms with Crippen molar-refractivity contribution in [3.05, 3.63) is 64.4 Å². The van der Waals surface area contributed by atoms with Crippen molar-refractivity contribution in [2.75, 3.05) is 17.6 Å². The van der Waals surface area contributed by atoms with Crippen LogP contribution in [0.1, 0.15) is 19.4 Å². The van der Waals surface area contributed by atoms with Crippen molar-refractivity contribution in [1.29, 1.82) is 0 Å². The molecule has 1 heterocycles. The van der Waals surface area contributed by atoms with Crippen LogP contribution >= 0.6 is 11.8 Å². The average Bonchev–Trinajstić information content (AvgIpc) is 2.74. The zero-order valence-corrected chi connectivity index (χ0v) is 17.8. The quantitative estimate of drug-likeness (QED) is 0.428. The molecule has 8 heteroatoms. The zero-order chi connectivity index (χ0) is 21.5. The topological polar surface area (TPSA) is 93.1 Å². The van der Waals surface area contributed by atoms with Crippen LogP contribution in [0, 0.1) is 0 Å². The highest BCUT2D eigenvalue weighted by molar-refractivity contribution is 7.99. The van der Waals surface area contributed by atoms with Crippen LogP contribution in [-0.2, 0) is 22.6 Å². The minimum atomic E-state index is -0.191. The van der Waals surface area contributed by atoms with E-state index in [1.165, 1.54) is 28.8 Å². The molecule has 0 radical (unpaired) electrons. The molecule has 1 aromatic heterocycles. The number of anilines is 1. The van der Waals surface area contributed by atoms with Gasteiger partial charge in [-0.15, -0.1) is 0 Å². The van der Waals surface area contributed by atoms with Crippen LogP contribution < -0.4 is 16.2 Å². The summed E-state index contributed by atoms with van der Waals surface area (Å²) in [6.45, 7) is 4.08. The van der Waals surface area contributed by atoms with Crippen molar-refractivity contribution >= 4 is 40.2 Å². The molecule has 0 atom stereocenters. The first-order chi connectivity index (χ1) is 14.5. The van der Waals surface area contributed by atoms with Crippen LogP contribution in [-0.4, -0.2) is 33.7 Å². The minimum Gasteiger partial charge on any atom is -0.355 e. The highest BCUT2D eigenvalue weighted by Gasteiger charge is 2.13. The fourth-order valence-corrected chi connectivity index (χ4v) is 3.78. The van der Waals surface area contributed by atoms with Crippen LogP contribution in [0.5, 0.6) is 0 Å². The molecule has 0 bridgehead atoms. The van der Waals surface area contributed by atoms with Gasteiger partial charge in [0.1, 0.15) is 0 Å². The van der Waals surface area contributed by atoms with E-state index >= 15 is 0 Å². The molecule has 0 aliphatic heterocycles. The lowest BCUT2D eigenvalue weighted by atomic mass is 10.1. The lowest BCUT2D eigenvalue weighted by molar-refractivity contribution is -0.119. The smallest absolute Gasteiger partial charge is 0.262 e. The second kappa shape index (κ2) is 10.1. The Morgan fingerprint density at radius 3 is 2.53 bits per heavy atom. The molecule has 0 aliphatic rings. The molecule has 0 spiro atoms. The fraction of sp³-hybridized carbons (Fsp3) is 0.273. The van der Waals surface area contributed by atoms with E-state index in [0.29, 0.717) is 22.6 Å². The summed E-state index contributed by atoms with van der Waals surface area (Å²) < 4.78 is 1.51. The number of para-hydroxylation sites is 1. The molecule has 156 valence electrons. The van der Waals surface area contributed by atoms with Gasteiger partial charge in [0, 0.05) is 25.7 Å². The summed E-state index contributed by atoms with van der Waals surface area (Å²) in [5.74, 6) is -0.236. The Morgan fingerprint density at radius 1 is 1.10 bits per heavy atom.